The molecule has 24 heavy (non-hydrogen) atoms. The lowest BCUT2D eigenvalue weighted by molar-refractivity contribution is 0.571. The number of aryl methyl sites for hydroxylation is 1. The molecule has 0 aliphatic heterocycles. The summed E-state index contributed by atoms with van der Waals surface area (Å²) in [4.78, 5) is 4.69. The van der Waals surface area contributed by atoms with Crippen molar-refractivity contribution in [2.24, 2.45) is 0 Å². The Labute approximate surface area is 148 Å². The zero-order valence-electron chi connectivity index (χ0n) is 15.1. The van der Waals surface area contributed by atoms with Gasteiger partial charge in [0.25, 0.3) is 0 Å². The van der Waals surface area contributed by atoms with Gasteiger partial charge in [-0.15, -0.1) is 16.4 Å². The second-order valence-corrected chi connectivity index (χ2v) is 7.66. The topological polar surface area (TPSA) is 74.5 Å². The van der Waals surface area contributed by atoms with E-state index in [1.54, 1.807) is 11.3 Å². The minimum absolute atomic E-state index is 0.0770. The van der Waals surface area contributed by atoms with Crippen molar-refractivity contribution in [3.05, 3.63) is 32.9 Å². The van der Waals surface area contributed by atoms with E-state index in [9.17, 15) is 5.26 Å². The van der Waals surface area contributed by atoms with Crippen LogP contribution in [0.3, 0.4) is 0 Å². The number of anilines is 1. The van der Waals surface area contributed by atoms with E-state index in [2.05, 4.69) is 47.7 Å². The summed E-state index contributed by atoms with van der Waals surface area (Å²) in [5.41, 5.74) is 3.74. The van der Waals surface area contributed by atoms with Crippen LogP contribution in [0, 0.1) is 11.3 Å². The summed E-state index contributed by atoms with van der Waals surface area (Å²) in [5, 5.41) is 24.4. The Morgan fingerprint density at radius 2 is 1.96 bits per heavy atom. The lowest BCUT2D eigenvalue weighted by Crippen LogP contribution is -2.13. The number of hydrogen-bond acceptors (Lipinski definition) is 6. The lowest BCUT2D eigenvalue weighted by atomic mass is 9.93. The van der Waals surface area contributed by atoms with Crippen LogP contribution in [0.15, 0.2) is 5.38 Å². The van der Waals surface area contributed by atoms with Crippen LogP contribution < -0.4 is 5.32 Å². The Balaban J connectivity index is 2.07. The molecule has 2 heterocycles. The maximum Gasteiger partial charge on any atom is 0.166 e. The average Bonchev–Trinajstić information content (AvgIpc) is 3.03. The second kappa shape index (κ2) is 7.71. The van der Waals surface area contributed by atoms with Crippen molar-refractivity contribution in [2.45, 2.75) is 59.3 Å². The fourth-order valence-corrected chi connectivity index (χ4v) is 3.50. The zero-order valence-corrected chi connectivity index (χ0v) is 15.9. The highest BCUT2D eigenvalue weighted by Gasteiger charge is 2.17. The van der Waals surface area contributed by atoms with Crippen molar-refractivity contribution >= 4 is 17.2 Å². The summed E-state index contributed by atoms with van der Waals surface area (Å²) in [6.07, 6.45) is 2.39. The van der Waals surface area contributed by atoms with Gasteiger partial charge in [-0.05, 0) is 18.4 Å². The van der Waals surface area contributed by atoms with Gasteiger partial charge in [-0.3, -0.25) is 0 Å². The molecule has 0 fully saturated rings. The van der Waals surface area contributed by atoms with E-state index in [0.717, 1.165) is 41.2 Å². The van der Waals surface area contributed by atoms with Crippen LogP contribution >= 0.6 is 11.3 Å². The molecule has 0 bridgehead atoms. The Morgan fingerprint density at radius 1 is 1.21 bits per heavy atom. The second-order valence-electron chi connectivity index (χ2n) is 6.72. The highest BCUT2D eigenvalue weighted by atomic mass is 32.1. The molecule has 1 N–H and O–H groups in total. The fraction of sp³-hybridized carbons (Fsp3) is 0.556. The highest BCUT2D eigenvalue weighted by Crippen LogP contribution is 2.24. The molecule has 0 aliphatic rings. The number of nitrogens with one attached hydrogen (secondary N) is 1. The third-order valence-corrected chi connectivity index (χ3v) is 4.82. The number of hydrogen-bond donors (Lipinski definition) is 1. The highest BCUT2D eigenvalue weighted by molar-refractivity contribution is 7.09. The standard InChI is InChI=1S/C18H25N5S/c1-6-12-13(10-19)17(23-22-14(12)7-2)20-9-8-16-21-15(11-24-16)18(3,4)5/h11H,6-9H2,1-5H3,(H,20,23). The van der Waals surface area contributed by atoms with Gasteiger partial charge in [-0.1, -0.05) is 34.6 Å². The maximum atomic E-state index is 9.49. The summed E-state index contributed by atoms with van der Waals surface area (Å²) in [6, 6.07) is 2.28. The van der Waals surface area contributed by atoms with Crippen LogP contribution in [-0.4, -0.2) is 21.7 Å². The molecule has 0 atom stereocenters. The summed E-state index contributed by atoms with van der Waals surface area (Å²) in [6.45, 7) is 11.3. The van der Waals surface area contributed by atoms with E-state index < -0.39 is 0 Å². The van der Waals surface area contributed by atoms with Gasteiger partial charge in [0.05, 0.1) is 16.4 Å². The molecule has 5 nitrogen and oxygen atoms in total. The van der Waals surface area contributed by atoms with Crippen molar-refractivity contribution in [3.8, 4) is 6.07 Å². The van der Waals surface area contributed by atoms with Crippen LogP contribution in [0.4, 0.5) is 5.82 Å². The van der Waals surface area contributed by atoms with Gasteiger partial charge in [0, 0.05) is 23.8 Å². The zero-order chi connectivity index (χ0) is 17.7. The molecule has 0 spiro atoms. The van der Waals surface area contributed by atoms with Crippen molar-refractivity contribution in [3.63, 3.8) is 0 Å². The molecule has 6 heteroatoms. The van der Waals surface area contributed by atoms with Gasteiger partial charge in [0.1, 0.15) is 11.6 Å². The first-order valence-corrected chi connectivity index (χ1v) is 9.25. The van der Waals surface area contributed by atoms with Crippen LogP contribution in [0.2, 0.25) is 0 Å². The first-order chi connectivity index (χ1) is 11.4. The minimum Gasteiger partial charge on any atom is -0.367 e. The molecule has 0 saturated heterocycles. The molecule has 0 aromatic carbocycles. The monoisotopic (exact) mass is 343 g/mol. The van der Waals surface area contributed by atoms with E-state index >= 15 is 0 Å². The number of aromatic nitrogens is 3. The third-order valence-electron chi connectivity index (χ3n) is 3.91. The van der Waals surface area contributed by atoms with Crippen molar-refractivity contribution < 1.29 is 0 Å². The molecule has 0 unspecified atom stereocenters. The minimum atomic E-state index is 0.0770. The lowest BCUT2D eigenvalue weighted by Gasteiger charge is -2.14. The molecule has 2 aromatic rings. The molecule has 2 rings (SSSR count). The first-order valence-electron chi connectivity index (χ1n) is 8.37. The average molecular weight is 344 g/mol. The molecular weight excluding hydrogens is 318 g/mol. The first kappa shape index (κ1) is 18.3. The number of nitrogens with zero attached hydrogens (tertiary/aromatic N) is 4. The van der Waals surface area contributed by atoms with Crippen molar-refractivity contribution in [1.82, 2.24) is 15.2 Å². The number of thiazole rings is 1. The summed E-state index contributed by atoms with van der Waals surface area (Å²) >= 11 is 1.68. The van der Waals surface area contributed by atoms with Crippen LogP contribution in [0.1, 0.15) is 62.1 Å². The van der Waals surface area contributed by atoms with Gasteiger partial charge in [-0.25, -0.2) is 4.98 Å². The number of nitriles is 1. The Hall–Kier alpha value is -2.00. The van der Waals surface area contributed by atoms with E-state index in [0.29, 0.717) is 17.9 Å². The fourth-order valence-electron chi connectivity index (χ4n) is 2.48. The summed E-state index contributed by atoms with van der Waals surface area (Å²) in [7, 11) is 0. The van der Waals surface area contributed by atoms with Crippen molar-refractivity contribution in [1.29, 1.82) is 5.26 Å². The number of rotatable bonds is 6. The predicted octanol–water partition coefficient (Wildman–Crippen LogP) is 3.88. The maximum absolute atomic E-state index is 9.49. The van der Waals surface area contributed by atoms with Gasteiger partial charge >= 0.3 is 0 Å². The third kappa shape index (κ3) is 4.09. The van der Waals surface area contributed by atoms with Crippen LogP contribution in [0.25, 0.3) is 0 Å². The Kier molecular flexibility index (Phi) is 5.89. The van der Waals surface area contributed by atoms with E-state index in [1.165, 1.54) is 0 Å². The summed E-state index contributed by atoms with van der Waals surface area (Å²) in [5.74, 6) is 0.583. The molecule has 0 saturated carbocycles. The van der Waals surface area contributed by atoms with Gasteiger partial charge in [-0.2, -0.15) is 10.4 Å². The molecule has 0 amide bonds. The van der Waals surface area contributed by atoms with Gasteiger partial charge < -0.3 is 5.32 Å². The Bertz CT molecular complexity index is 737. The molecule has 0 radical (unpaired) electrons. The van der Waals surface area contributed by atoms with E-state index in [1.807, 2.05) is 13.8 Å². The van der Waals surface area contributed by atoms with Crippen molar-refractivity contribution in [2.75, 3.05) is 11.9 Å². The van der Waals surface area contributed by atoms with Crippen LogP contribution in [0.5, 0.6) is 0 Å². The van der Waals surface area contributed by atoms with Gasteiger partial charge in [0.2, 0.25) is 0 Å². The van der Waals surface area contributed by atoms with E-state index in [-0.39, 0.29) is 5.41 Å². The van der Waals surface area contributed by atoms with Crippen LogP contribution in [-0.2, 0) is 24.7 Å². The quantitative estimate of drug-likeness (QED) is 0.861. The Morgan fingerprint density at radius 3 is 2.50 bits per heavy atom. The van der Waals surface area contributed by atoms with Gasteiger partial charge in [0.15, 0.2) is 5.82 Å². The predicted molar refractivity (Wildman–Crippen MR) is 98.5 cm³/mol. The molecule has 0 aliphatic carbocycles. The van der Waals surface area contributed by atoms with E-state index in [4.69, 9.17) is 4.98 Å². The normalized spacial score (nSPS) is 11.3. The largest absolute Gasteiger partial charge is 0.367 e. The SMILES string of the molecule is CCc1nnc(NCCc2nc(C(C)(C)C)cs2)c(C#N)c1CC. The summed E-state index contributed by atoms with van der Waals surface area (Å²) < 4.78 is 0. The molecule has 2 aromatic heterocycles. The molecule has 128 valence electrons. The smallest absolute Gasteiger partial charge is 0.166 e. The molecular formula is C18H25N5S.